The highest BCUT2D eigenvalue weighted by atomic mass is 35.5. The van der Waals surface area contributed by atoms with E-state index >= 15 is 0 Å². The molecule has 1 saturated heterocycles. The summed E-state index contributed by atoms with van der Waals surface area (Å²) in [6.07, 6.45) is -1.28. The van der Waals surface area contributed by atoms with Crippen molar-refractivity contribution in [2.75, 3.05) is 25.0 Å². The zero-order valence-electron chi connectivity index (χ0n) is 11.0. The van der Waals surface area contributed by atoms with E-state index in [0.717, 1.165) is 32.0 Å². The zero-order valence-corrected chi connectivity index (χ0v) is 12.6. The summed E-state index contributed by atoms with van der Waals surface area (Å²) < 4.78 is 37.7. The number of piperidine rings is 1. The topological polar surface area (TPSA) is 28.2 Å². The first-order valence-electron chi connectivity index (χ1n) is 5.95. The average molecular weight is 332 g/mol. The highest BCUT2D eigenvalue weighted by Gasteiger charge is 2.33. The van der Waals surface area contributed by atoms with Crippen molar-refractivity contribution in [1.29, 1.82) is 0 Å². The first kappa shape index (κ1) is 19.3. The van der Waals surface area contributed by atoms with E-state index < -0.39 is 11.9 Å². The van der Waals surface area contributed by atoms with Gasteiger partial charge in [-0.1, -0.05) is 0 Å². The van der Waals surface area contributed by atoms with Crippen LogP contribution in [0.2, 0.25) is 0 Å². The molecule has 1 aliphatic rings. The average Bonchev–Trinajstić information content (AvgIpc) is 2.38. The van der Waals surface area contributed by atoms with Crippen molar-refractivity contribution < 1.29 is 13.2 Å². The van der Waals surface area contributed by atoms with Gasteiger partial charge in [0.2, 0.25) is 0 Å². The number of alkyl halides is 3. The van der Waals surface area contributed by atoms with E-state index in [4.69, 9.17) is 0 Å². The molecule has 0 amide bonds. The maximum absolute atomic E-state index is 12.6. The van der Waals surface area contributed by atoms with Crippen LogP contribution in [0, 0.1) is 0 Å². The second kappa shape index (κ2) is 7.90. The molecule has 0 spiro atoms. The van der Waals surface area contributed by atoms with Crippen LogP contribution >= 0.6 is 24.8 Å². The Morgan fingerprint density at radius 3 is 2.40 bits per heavy atom. The van der Waals surface area contributed by atoms with Crippen LogP contribution in [0.15, 0.2) is 18.3 Å². The molecule has 20 heavy (non-hydrogen) atoms. The van der Waals surface area contributed by atoms with Crippen molar-refractivity contribution in [2.24, 2.45) is 0 Å². The monoisotopic (exact) mass is 331 g/mol. The minimum absolute atomic E-state index is 0. The predicted octanol–water partition coefficient (Wildman–Crippen LogP) is 3.13. The van der Waals surface area contributed by atoms with Gasteiger partial charge in [-0.15, -0.1) is 24.8 Å². The molecule has 8 heteroatoms. The largest absolute Gasteiger partial charge is 0.433 e. The van der Waals surface area contributed by atoms with Gasteiger partial charge in [-0.05, 0) is 38.1 Å². The molecule has 1 aliphatic heterocycles. The van der Waals surface area contributed by atoms with Gasteiger partial charge in [0, 0.05) is 25.0 Å². The van der Waals surface area contributed by atoms with Crippen molar-refractivity contribution in [1.82, 2.24) is 10.3 Å². The van der Waals surface area contributed by atoms with E-state index in [0.29, 0.717) is 5.69 Å². The number of rotatable bonds is 2. The predicted molar refractivity (Wildman–Crippen MR) is 78.0 cm³/mol. The van der Waals surface area contributed by atoms with Crippen molar-refractivity contribution in [2.45, 2.75) is 25.1 Å². The van der Waals surface area contributed by atoms with Crippen LogP contribution in [-0.4, -0.2) is 31.2 Å². The minimum atomic E-state index is -4.38. The number of anilines is 1. The first-order chi connectivity index (χ1) is 8.48. The third-order valence-electron chi connectivity index (χ3n) is 3.30. The van der Waals surface area contributed by atoms with Crippen LogP contribution in [0.1, 0.15) is 18.5 Å². The lowest BCUT2D eigenvalue weighted by atomic mass is 10.0. The van der Waals surface area contributed by atoms with E-state index in [2.05, 4.69) is 10.3 Å². The Kier molecular flexibility index (Phi) is 7.62. The second-order valence-corrected chi connectivity index (χ2v) is 4.49. The number of hydrogen-bond donors (Lipinski definition) is 1. The molecule has 1 fully saturated rings. The summed E-state index contributed by atoms with van der Waals surface area (Å²) in [6, 6.07) is 3.02. The van der Waals surface area contributed by atoms with Gasteiger partial charge < -0.3 is 10.2 Å². The third-order valence-corrected chi connectivity index (χ3v) is 3.30. The Balaban J connectivity index is 0.00000180. The van der Waals surface area contributed by atoms with Crippen LogP contribution in [0.25, 0.3) is 0 Å². The Hall–Kier alpha value is -0.720. The van der Waals surface area contributed by atoms with Crippen molar-refractivity contribution >= 4 is 30.5 Å². The highest BCUT2D eigenvalue weighted by molar-refractivity contribution is 5.85. The van der Waals surface area contributed by atoms with Gasteiger partial charge in [-0.3, -0.25) is 4.98 Å². The molecule has 0 atom stereocenters. The lowest BCUT2D eigenvalue weighted by molar-refractivity contribution is -0.141. The van der Waals surface area contributed by atoms with E-state index in [9.17, 15) is 13.2 Å². The summed E-state index contributed by atoms with van der Waals surface area (Å²) in [5, 5.41) is 3.24. The van der Waals surface area contributed by atoms with Gasteiger partial charge >= 0.3 is 6.18 Å². The zero-order chi connectivity index (χ0) is 13.2. The number of halogens is 5. The molecule has 2 rings (SSSR count). The second-order valence-electron chi connectivity index (χ2n) is 4.49. The lowest BCUT2D eigenvalue weighted by Gasteiger charge is -2.33. The summed E-state index contributed by atoms with van der Waals surface area (Å²) in [4.78, 5) is 5.29. The summed E-state index contributed by atoms with van der Waals surface area (Å²) in [5.74, 6) is 0. The van der Waals surface area contributed by atoms with Gasteiger partial charge in [0.15, 0.2) is 0 Å². The standard InChI is InChI=1S/C12H16F3N3.2ClH/c1-18(9-2-5-16-6-3-9)10-4-7-17-11(8-10)12(13,14)15;;/h4,7-9,16H,2-3,5-6H2,1H3;2*1H. The Morgan fingerprint density at radius 2 is 1.85 bits per heavy atom. The van der Waals surface area contributed by atoms with Crippen LogP contribution in [-0.2, 0) is 6.18 Å². The lowest BCUT2D eigenvalue weighted by Crippen LogP contribution is -2.41. The molecule has 0 aliphatic carbocycles. The van der Waals surface area contributed by atoms with Crippen molar-refractivity contribution in [3.8, 4) is 0 Å². The van der Waals surface area contributed by atoms with Crippen LogP contribution in [0.4, 0.5) is 18.9 Å². The number of nitrogens with one attached hydrogen (secondary N) is 1. The van der Waals surface area contributed by atoms with E-state index in [1.807, 2.05) is 11.9 Å². The summed E-state index contributed by atoms with van der Waals surface area (Å²) in [7, 11) is 1.84. The number of nitrogens with zero attached hydrogens (tertiary/aromatic N) is 2. The van der Waals surface area contributed by atoms with E-state index in [1.165, 1.54) is 6.20 Å². The highest BCUT2D eigenvalue weighted by Crippen LogP contribution is 2.30. The molecule has 0 aromatic carbocycles. The quantitative estimate of drug-likeness (QED) is 0.902. The SMILES string of the molecule is CN(c1ccnc(C(F)(F)F)c1)C1CCNCC1.Cl.Cl. The van der Waals surface area contributed by atoms with Gasteiger partial charge in [-0.25, -0.2) is 0 Å². The fourth-order valence-corrected chi connectivity index (χ4v) is 2.20. The van der Waals surface area contributed by atoms with Gasteiger partial charge in [0.05, 0.1) is 0 Å². The van der Waals surface area contributed by atoms with Crippen molar-refractivity contribution in [3.63, 3.8) is 0 Å². The molecule has 1 aromatic heterocycles. The van der Waals surface area contributed by atoms with Crippen LogP contribution < -0.4 is 10.2 Å². The normalized spacial score (nSPS) is 16.0. The molecule has 0 radical (unpaired) electrons. The Bertz CT molecular complexity index is 409. The molecule has 0 saturated carbocycles. The molecule has 1 aromatic rings. The summed E-state index contributed by atoms with van der Waals surface area (Å²) >= 11 is 0. The molecular weight excluding hydrogens is 314 g/mol. The fourth-order valence-electron chi connectivity index (χ4n) is 2.20. The molecule has 0 bridgehead atoms. The van der Waals surface area contributed by atoms with Crippen LogP contribution in [0.3, 0.4) is 0 Å². The first-order valence-corrected chi connectivity index (χ1v) is 5.95. The maximum atomic E-state index is 12.6. The third kappa shape index (κ3) is 4.68. The van der Waals surface area contributed by atoms with Gasteiger partial charge in [-0.2, -0.15) is 13.2 Å². The number of aromatic nitrogens is 1. The molecule has 2 heterocycles. The maximum Gasteiger partial charge on any atom is 0.433 e. The Labute approximate surface area is 128 Å². The minimum Gasteiger partial charge on any atom is -0.371 e. The number of pyridine rings is 1. The van der Waals surface area contributed by atoms with E-state index in [-0.39, 0.29) is 30.9 Å². The molecule has 3 nitrogen and oxygen atoms in total. The summed E-state index contributed by atoms with van der Waals surface area (Å²) in [6.45, 7) is 1.82. The summed E-state index contributed by atoms with van der Waals surface area (Å²) in [5.41, 5.74) is -0.259. The van der Waals surface area contributed by atoms with Crippen molar-refractivity contribution in [3.05, 3.63) is 24.0 Å². The van der Waals surface area contributed by atoms with Gasteiger partial charge in [0.25, 0.3) is 0 Å². The molecule has 116 valence electrons. The molecule has 0 unspecified atom stereocenters. The smallest absolute Gasteiger partial charge is 0.371 e. The van der Waals surface area contributed by atoms with Crippen LogP contribution in [0.5, 0.6) is 0 Å². The van der Waals surface area contributed by atoms with E-state index in [1.54, 1.807) is 6.07 Å². The van der Waals surface area contributed by atoms with Gasteiger partial charge in [0.1, 0.15) is 5.69 Å². The molecular formula is C12H18Cl2F3N3. The number of hydrogen-bond acceptors (Lipinski definition) is 3. The molecule has 1 N–H and O–H groups in total. The Morgan fingerprint density at radius 1 is 1.25 bits per heavy atom. The fraction of sp³-hybridized carbons (Fsp3) is 0.583.